The average molecular weight is 363 g/mol. The predicted molar refractivity (Wildman–Crippen MR) is 108 cm³/mol. The lowest BCUT2D eigenvalue weighted by Gasteiger charge is -2.21. The van der Waals surface area contributed by atoms with Crippen LogP contribution in [0.1, 0.15) is 50.7 Å². The molecule has 0 unspecified atom stereocenters. The smallest absolute Gasteiger partial charge is 0.168 e. The molecule has 2 aromatic carbocycles. The van der Waals surface area contributed by atoms with Crippen LogP contribution in [0.25, 0.3) is 27.3 Å². The highest BCUT2D eigenvalue weighted by Gasteiger charge is 2.19. The first-order valence-corrected chi connectivity index (χ1v) is 9.81. The maximum Gasteiger partial charge on any atom is 0.168 e. The second kappa shape index (κ2) is 6.65. The molecule has 5 heteroatoms. The molecule has 0 bridgehead atoms. The molecule has 0 amide bonds. The van der Waals surface area contributed by atoms with Gasteiger partial charge in [0.25, 0.3) is 0 Å². The average Bonchev–Trinajstić information content (AvgIpc) is 3.29. The minimum Gasteiger partial charge on any atom is -0.281 e. The monoisotopic (exact) mass is 362 g/mol. The van der Waals surface area contributed by atoms with Crippen LogP contribution in [0.2, 0.25) is 0 Å². The number of fused-ring (bicyclic) bond motifs is 1. The van der Waals surface area contributed by atoms with E-state index in [0.717, 1.165) is 16.9 Å². The fourth-order valence-electron chi connectivity index (χ4n) is 3.38. The van der Waals surface area contributed by atoms with E-state index in [1.165, 1.54) is 21.5 Å². The van der Waals surface area contributed by atoms with Crippen molar-refractivity contribution < 1.29 is 0 Å². The SMILES string of the molecule is CC(C)c1cccc(C(C)C)c1-n1cnnc1-c1ccc2ncsc2c1. The third-order valence-electron chi connectivity index (χ3n) is 4.72. The molecule has 0 aliphatic carbocycles. The summed E-state index contributed by atoms with van der Waals surface area (Å²) in [5.74, 6) is 1.71. The molecule has 2 heterocycles. The Morgan fingerprint density at radius 1 is 0.962 bits per heavy atom. The third kappa shape index (κ3) is 2.82. The van der Waals surface area contributed by atoms with Gasteiger partial charge < -0.3 is 0 Å². The minimum absolute atomic E-state index is 0.419. The summed E-state index contributed by atoms with van der Waals surface area (Å²) in [5.41, 5.74) is 7.81. The van der Waals surface area contributed by atoms with Crippen LogP contribution in [0.4, 0.5) is 0 Å². The van der Waals surface area contributed by atoms with Gasteiger partial charge in [0.2, 0.25) is 0 Å². The highest BCUT2D eigenvalue weighted by molar-refractivity contribution is 7.16. The van der Waals surface area contributed by atoms with Gasteiger partial charge in [-0.25, -0.2) is 4.98 Å². The van der Waals surface area contributed by atoms with Crippen molar-refractivity contribution in [1.29, 1.82) is 0 Å². The highest BCUT2D eigenvalue weighted by atomic mass is 32.1. The lowest BCUT2D eigenvalue weighted by molar-refractivity contribution is 0.806. The van der Waals surface area contributed by atoms with Crippen molar-refractivity contribution in [3.05, 3.63) is 59.4 Å². The molecule has 132 valence electrons. The summed E-state index contributed by atoms with van der Waals surface area (Å²) in [5, 5.41) is 8.70. The van der Waals surface area contributed by atoms with Crippen LogP contribution in [0, 0.1) is 0 Å². The van der Waals surface area contributed by atoms with Gasteiger partial charge in [-0.05, 0) is 41.2 Å². The van der Waals surface area contributed by atoms with Crippen LogP contribution in [-0.2, 0) is 0 Å². The van der Waals surface area contributed by atoms with Crippen molar-refractivity contribution >= 4 is 21.6 Å². The van der Waals surface area contributed by atoms with E-state index in [-0.39, 0.29) is 0 Å². The number of benzene rings is 2. The van der Waals surface area contributed by atoms with Crippen molar-refractivity contribution in [3.8, 4) is 17.1 Å². The zero-order chi connectivity index (χ0) is 18.3. The number of aromatic nitrogens is 4. The van der Waals surface area contributed by atoms with Crippen molar-refractivity contribution in [2.24, 2.45) is 0 Å². The molecule has 0 radical (unpaired) electrons. The first kappa shape index (κ1) is 16.9. The van der Waals surface area contributed by atoms with Gasteiger partial charge in [-0.1, -0.05) is 45.9 Å². The van der Waals surface area contributed by atoms with Gasteiger partial charge in [-0.15, -0.1) is 21.5 Å². The topological polar surface area (TPSA) is 43.6 Å². The van der Waals surface area contributed by atoms with Crippen molar-refractivity contribution in [3.63, 3.8) is 0 Å². The Hall–Kier alpha value is -2.53. The summed E-state index contributed by atoms with van der Waals surface area (Å²) < 4.78 is 3.31. The lowest BCUT2D eigenvalue weighted by atomic mass is 9.92. The van der Waals surface area contributed by atoms with E-state index in [2.05, 4.69) is 83.8 Å². The first-order chi connectivity index (χ1) is 12.6. The molecule has 4 aromatic rings. The van der Waals surface area contributed by atoms with Crippen LogP contribution in [0.5, 0.6) is 0 Å². The van der Waals surface area contributed by atoms with E-state index in [9.17, 15) is 0 Å². The standard InChI is InChI=1S/C21H22N4S/c1-13(2)16-6-5-7-17(14(3)4)20(16)25-11-23-24-21(25)15-8-9-18-19(10-15)26-12-22-18/h5-14H,1-4H3. The Labute approximate surface area is 157 Å². The van der Waals surface area contributed by atoms with Crippen molar-refractivity contribution in [1.82, 2.24) is 19.7 Å². The van der Waals surface area contributed by atoms with Crippen LogP contribution >= 0.6 is 11.3 Å². The van der Waals surface area contributed by atoms with E-state index in [4.69, 9.17) is 0 Å². The molecule has 2 aromatic heterocycles. The van der Waals surface area contributed by atoms with Crippen LogP contribution in [-0.4, -0.2) is 19.7 Å². The number of hydrogen-bond donors (Lipinski definition) is 0. The predicted octanol–water partition coefficient (Wildman–Crippen LogP) is 5.79. The molecule has 0 atom stereocenters. The van der Waals surface area contributed by atoms with E-state index in [1.807, 2.05) is 11.8 Å². The van der Waals surface area contributed by atoms with Crippen LogP contribution < -0.4 is 0 Å². The summed E-state index contributed by atoms with van der Waals surface area (Å²) >= 11 is 1.65. The van der Waals surface area contributed by atoms with Gasteiger partial charge in [-0.2, -0.15) is 0 Å². The molecule has 0 aliphatic rings. The van der Waals surface area contributed by atoms with Gasteiger partial charge in [0.05, 0.1) is 21.4 Å². The van der Waals surface area contributed by atoms with E-state index in [1.54, 1.807) is 11.3 Å². The van der Waals surface area contributed by atoms with Gasteiger partial charge in [0.15, 0.2) is 5.82 Å². The van der Waals surface area contributed by atoms with E-state index >= 15 is 0 Å². The van der Waals surface area contributed by atoms with E-state index < -0.39 is 0 Å². The van der Waals surface area contributed by atoms with Gasteiger partial charge >= 0.3 is 0 Å². The van der Waals surface area contributed by atoms with Crippen molar-refractivity contribution in [2.75, 3.05) is 0 Å². The molecule has 0 N–H and O–H groups in total. The van der Waals surface area contributed by atoms with Crippen LogP contribution in [0.15, 0.2) is 48.2 Å². The normalized spacial score (nSPS) is 11.8. The Morgan fingerprint density at radius 3 is 2.38 bits per heavy atom. The number of hydrogen-bond acceptors (Lipinski definition) is 4. The summed E-state index contributed by atoms with van der Waals surface area (Å²) in [6.45, 7) is 8.93. The Balaban J connectivity index is 1.95. The largest absolute Gasteiger partial charge is 0.281 e. The number of rotatable bonds is 4. The molecule has 4 nitrogen and oxygen atoms in total. The lowest BCUT2D eigenvalue weighted by Crippen LogP contribution is -2.07. The maximum absolute atomic E-state index is 4.45. The zero-order valence-corrected chi connectivity index (χ0v) is 16.3. The number of para-hydroxylation sites is 1. The van der Waals surface area contributed by atoms with Gasteiger partial charge in [-0.3, -0.25) is 4.57 Å². The molecular weight excluding hydrogens is 340 g/mol. The molecule has 0 saturated carbocycles. The van der Waals surface area contributed by atoms with Crippen LogP contribution in [0.3, 0.4) is 0 Å². The zero-order valence-electron chi connectivity index (χ0n) is 15.5. The molecule has 0 spiro atoms. The fourth-order valence-corrected chi connectivity index (χ4v) is 4.10. The summed E-state index contributed by atoms with van der Waals surface area (Å²) in [6, 6.07) is 12.9. The Kier molecular flexibility index (Phi) is 4.32. The maximum atomic E-state index is 4.45. The van der Waals surface area contributed by atoms with E-state index in [0.29, 0.717) is 11.8 Å². The number of thiazole rings is 1. The second-order valence-corrected chi connectivity index (χ2v) is 8.04. The molecular formula is C21H22N4S. The van der Waals surface area contributed by atoms with Crippen molar-refractivity contribution in [2.45, 2.75) is 39.5 Å². The highest BCUT2D eigenvalue weighted by Crippen LogP contribution is 2.34. The Bertz CT molecular complexity index is 1030. The van der Waals surface area contributed by atoms with Gasteiger partial charge in [0, 0.05) is 5.56 Å². The summed E-state index contributed by atoms with van der Waals surface area (Å²) in [6.07, 6.45) is 1.83. The number of nitrogens with zero attached hydrogens (tertiary/aromatic N) is 4. The molecule has 0 aliphatic heterocycles. The molecule has 0 saturated heterocycles. The molecule has 0 fully saturated rings. The second-order valence-electron chi connectivity index (χ2n) is 7.15. The summed E-state index contributed by atoms with van der Waals surface area (Å²) in [7, 11) is 0. The fraction of sp³-hybridized carbons (Fsp3) is 0.286. The molecule has 4 rings (SSSR count). The third-order valence-corrected chi connectivity index (χ3v) is 5.51. The van der Waals surface area contributed by atoms with Gasteiger partial charge in [0.1, 0.15) is 6.33 Å². The minimum atomic E-state index is 0.419. The first-order valence-electron chi connectivity index (χ1n) is 8.93. The quantitative estimate of drug-likeness (QED) is 0.461. The summed E-state index contributed by atoms with van der Waals surface area (Å²) in [4.78, 5) is 4.37. The molecule has 26 heavy (non-hydrogen) atoms. The Morgan fingerprint density at radius 2 is 1.69 bits per heavy atom.